The standard InChI is InChI=1S/C16H24N2/c1-13-4-3-10-18(12-13)11-9-14(2)15-5-7-16(17)8-6-15/h4-8,14H,3,9-12,17H2,1-2H3. The Kier molecular flexibility index (Phi) is 4.43. The van der Waals surface area contributed by atoms with Gasteiger partial charge in [-0.1, -0.05) is 30.7 Å². The van der Waals surface area contributed by atoms with E-state index in [-0.39, 0.29) is 0 Å². The predicted molar refractivity (Wildman–Crippen MR) is 78.7 cm³/mol. The average molecular weight is 244 g/mol. The van der Waals surface area contributed by atoms with E-state index in [0.717, 1.165) is 12.2 Å². The van der Waals surface area contributed by atoms with Crippen molar-refractivity contribution in [2.45, 2.75) is 32.6 Å². The molecule has 98 valence electrons. The molecule has 2 rings (SSSR count). The van der Waals surface area contributed by atoms with E-state index in [2.05, 4.69) is 37.0 Å². The lowest BCUT2D eigenvalue weighted by Gasteiger charge is -2.27. The van der Waals surface area contributed by atoms with E-state index in [9.17, 15) is 0 Å². The van der Waals surface area contributed by atoms with Crippen molar-refractivity contribution in [1.29, 1.82) is 0 Å². The van der Waals surface area contributed by atoms with Gasteiger partial charge >= 0.3 is 0 Å². The zero-order valence-electron chi connectivity index (χ0n) is 11.5. The van der Waals surface area contributed by atoms with E-state index in [1.807, 2.05) is 12.1 Å². The molecule has 2 nitrogen and oxygen atoms in total. The number of hydrogen-bond acceptors (Lipinski definition) is 2. The summed E-state index contributed by atoms with van der Waals surface area (Å²) >= 11 is 0. The Labute approximate surface area is 110 Å². The molecule has 1 aromatic carbocycles. The zero-order valence-corrected chi connectivity index (χ0v) is 11.5. The quantitative estimate of drug-likeness (QED) is 0.649. The highest BCUT2D eigenvalue weighted by Crippen LogP contribution is 2.21. The van der Waals surface area contributed by atoms with E-state index in [1.54, 1.807) is 0 Å². The van der Waals surface area contributed by atoms with Gasteiger partial charge in [0.1, 0.15) is 0 Å². The van der Waals surface area contributed by atoms with E-state index >= 15 is 0 Å². The van der Waals surface area contributed by atoms with Crippen molar-refractivity contribution < 1.29 is 0 Å². The number of rotatable bonds is 4. The van der Waals surface area contributed by atoms with E-state index < -0.39 is 0 Å². The van der Waals surface area contributed by atoms with Gasteiger partial charge < -0.3 is 5.73 Å². The smallest absolute Gasteiger partial charge is 0.0314 e. The lowest BCUT2D eigenvalue weighted by molar-refractivity contribution is 0.280. The highest BCUT2D eigenvalue weighted by Gasteiger charge is 2.12. The molecule has 0 bridgehead atoms. The van der Waals surface area contributed by atoms with Gasteiger partial charge in [-0.05, 0) is 49.9 Å². The molecule has 1 aromatic rings. The molecular formula is C16H24N2. The van der Waals surface area contributed by atoms with Crippen LogP contribution in [0.5, 0.6) is 0 Å². The molecule has 0 saturated heterocycles. The van der Waals surface area contributed by atoms with E-state index in [4.69, 9.17) is 5.73 Å². The van der Waals surface area contributed by atoms with Crippen LogP contribution in [0.3, 0.4) is 0 Å². The van der Waals surface area contributed by atoms with E-state index in [0.29, 0.717) is 5.92 Å². The van der Waals surface area contributed by atoms with Crippen molar-refractivity contribution >= 4 is 5.69 Å². The molecule has 0 amide bonds. The van der Waals surface area contributed by atoms with Crippen LogP contribution in [0.15, 0.2) is 35.9 Å². The number of nitrogens with zero attached hydrogens (tertiary/aromatic N) is 1. The first-order valence-electron chi connectivity index (χ1n) is 6.88. The molecule has 1 aliphatic rings. The third-order valence-electron chi connectivity index (χ3n) is 3.79. The summed E-state index contributed by atoms with van der Waals surface area (Å²) in [5, 5.41) is 0. The third-order valence-corrected chi connectivity index (χ3v) is 3.79. The summed E-state index contributed by atoms with van der Waals surface area (Å²) in [7, 11) is 0. The monoisotopic (exact) mass is 244 g/mol. The molecular weight excluding hydrogens is 220 g/mol. The Morgan fingerprint density at radius 1 is 1.28 bits per heavy atom. The molecule has 0 saturated carbocycles. The zero-order chi connectivity index (χ0) is 13.0. The Morgan fingerprint density at radius 2 is 2.00 bits per heavy atom. The SMILES string of the molecule is CC1=CCCN(CCC(C)c2ccc(N)cc2)C1. The van der Waals surface area contributed by atoms with Gasteiger partial charge in [0.05, 0.1) is 0 Å². The summed E-state index contributed by atoms with van der Waals surface area (Å²) in [5.41, 5.74) is 9.48. The van der Waals surface area contributed by atoms with Gasteiger partial charge in [-0.2, -0.15) is 0 Å². The number of nitrogen functional groups attached to an aromatic ring is 1. The average Bonchev–Trinajstić information content (AvgIpc) is 2.37. The minimum absolute atomic E-state index is 0.608. The number of nitrogens with two attached hydrogens (primary N) is 1. The first kappa shape index (κ1) is 13.2. The molecule has 2 heteroatoms. The molecule has 1 heterocycles. The molecule has 0 spiro atoms. The maximum atomic E-state index is 5.72. The summed E-state index contributed by atoms with van der Waals surface area (Å²) in [4.78, 5) is 2.56. The van der Waals surface area contributed by atoms with Crippen molar-refractivity contribution in [3.05, 3.63) is 41.5 Å². The van der Waals surface area contributed by atoms with Crippen molar-refractivity contribution in [2.75, 3.05) is 25.4 Å². The number of anilines is 1. The molecule has 0 radical (unpaired) electrons. The van der Waals surface area contributed by atoms with Crippen LogP contribution in [0.4, 0.5) is 5.69 Å². The van der Waals surface area contributed by atoms with Gasteiger partial charge in [0, 0.05) is 18.8 Å². The molecule has 2 N–H and O–H groups in total. The van der Waals surface area contributed by atoms with Crippen LogP contribution in [0.1, 0.15) is 38.2 Å². The largest absolute Gasteiger partial charge is 0.399 e. The topological polar surface area (TPSA) is 29.3 Å². The second-order valence-corrected chi connectivity index (χ2v) is 5.47. The lowest BCUT2D eigenvalue weighted by Crippen LogP contribution is -2.30. The van der Waals surface area contributed by atoms with Crippen molar-refractivity contribution in [3.63, 3.8) is 0 Å². The number of benzene rings is 1. The summed E-state index contributed by atoms with van der Waals surface area (Å²) in [6, 6.07) is 8.31. The highest BCUT2D eigenvalue weighted by molar-refractivity contribution is 5.40. The van der Waals surface area contributed by atoms with Gasteiger partial charge in [-0.25, -0.2) is 0 Å². The van der Waals surface area contributed by atoms with Gasteiger partial charge in [0.2, 0.25) is 0 Å². The summed E-state index contributed by atoms with van der Waals surface area (Å²) in [6.45, 7) is 8.09. The maximum Gasteiger partial charge on any atom is 0.0314 e. The van der Waals surface area contributed by atoms with Crippen LogP contribution >= 0.6 is 0 Å². The highest BCUT2D eigenvalue weighted by atomic mass is 15.1. The van der Waals surface area contributed by atoms with Crippen molar-refractivity contribution in [1.82, 2.24) is 4.90 Å². The minimum atomic E-state index is 0.608. The van der Waals surface area contributed by atoms with Crippen molar-refractivity contribution in [3.8, 4) is 0 Å². The third kappa shape index (κ3) is 3.61. The van der Waals surface area contributed by atoms with Gasteiger partial charge in [0.25, 0.3) is 0 Å². The summed E-state index contributed by atoms with van der Waals surface area (Å²) < 4.78 is 0. The first-order chi connectivity index (χ1) is 8.65. The minimum Gasteiger partial charge on any atom is -0.399 e. The fourth-order valence-electron chi connectivity index (χ4n) is 2.55. The summed E-state index contributed by atoms with van der Waals surface area (Å²) in [6.07, 6.45) is 4.79. The van der Waals surface area contributed by atoms with Gasteiger partial charge in [-0.3, -0.25) is 4.90 Å². The van der Waals surface area contributed by atoms with Crippen molar-refractivity contribution in [2.24, 2.45) is 0 Å². The van der Waals surface area contributed by atoms with Crippen LogP contribution in [0.2, 0.25) is 0 Å². The second-order valence-electron chi connectivity index (χ2n) is 5.47. The molecule has 0 aromatic heterocycles. The fraction of sp³-hybridized carbons (Fsp3) is 0.500. The van der Waals surface area contributed by atoms with Crippen LogP contribution in [0, 0.1) is 0 Å². The summed E-state index contributed by atoms with van der Waals surface area (Å²) in [5.74, 6) is 0.608. The van der Waals surface area contributed by atoms with E-state index in [1.165, 1.54) is 37.1 Å². The van der Waals surface area contributed by atoms with Crippen LogP contribution in [0.25, 0.3) is 0 Å². The predicted octanol–water partition coefficient (Wildman–Crippen LogP) is 3.41. The van der Waals surface area contributed by atoms with Crippen LogP contribution < -0.4 is 5.73 Å². The van der Waals surface area contributed by atoms with Gasteiger partial charge in [-0.15, -0.1) is 0 Å². The molecule has 0 aliphatic carbocycles. The Balaban J connectivity index is 1.83. The number of hydrogen-bond donors (Lipinski definition) is 1. The fourth-order valence-corrected chi connectivity index (χ4v) is 2.55. The van der Waals surface area contributed by atoms with Gasteiger partial charge in [0.15, 0.2) is 0 Å². The Bertz CT molecular complexity index is 406. The second kappa shape index (κ2) is 6.05. The molecule has 1 unspecified atom stereocenters. The van der Waals surface area contributed by atoms with Crippen LogP contribution in [-0.2, 0) is 0 Å². The lowest BCUT2D eigenvalue weighted by atomic mass is 9.97. The normalized spacial score (nSPS) is 18.4. The Morgan fingerprint density at radius 3 is 2.67 bits per heavy atom. The molecule has 1 atom stereocenters. The molecule has 0 fully saturated rings. The first-order valence-corrected chi connectivity index (χ1v) is 6.88. The van der Waals surface area contributed by atoms with Crippen LogP contribution in [-0.4, -0.2) is 24.5 Å². The molecule has 1 aliphatic heterocycles. The Hall–Kier alpha value is -1.28. The molecule has 18 heavy (non-hydrogen) atoms. The maximum absolute atomic E-state index is 5.72.